The number of rotatable bonds is 1. The van der Waals surface area contributed by atoms with Crippen molar-refractivity contribution in [2.24, 2.45) is 5.92 Å². The van der Waals surface area contributed by atoms with Gasteiger partial charge in [-0.2, -0.15) is 0 Å². The van der Waals surface area contributed by atoms with E-state index in [1.807, 2.05) is 32.9 Å². The minimum atomic E-state index is -0.810. The predicted molar refractivity (Wildman–Crippen MR) is 94.8 cm³/mol. The van der Waals surface area contributed by atoms with Crippen molar-refractivity contribution in [1.29, 1.82) is 0 Å². The van der Waals surface area contributed by atoms with Crippen molar-refractivity contribution in [2.45, 2.75) is 84.3 Å². The molecule has 2 atom stereocenters. The van der Waals surface area contributed by atoms with Crippen LogP contribution in [0.2, 0.25) is 0 Å². The number of hydrogen-bond donors (Lipinski definition) is 2. The third-order valence-electron chi connectivity index (χ3n) is 4.62. The summed E-state index contributed by atoms with van der Waals surface area (Å²) in [5.41, 5.74) is 1.21. The van der Waals surface area contributed by atoms with Crippen LogP contribution in [0.3, 0.4) is 0 Å². The molecule has 0 bridgehead atoms. The zero-order valence-corrected chi connectivity index (χ0v) is 15.0. The van der Waals surface area contributed by atoms with Crippen molar-refractivity contribution in [2.75, 3.05) is 0 Å². The zero-order chi connectivity index (χ0) is 16.8. The third kappa shape index (κ3) is 7.42. The summed E-state index contributed by atoms with van der Waals surface area (Å²) in [5.74, 6) is 0.0579. The van der Waals surface area contributed by atoms with Crippen LogP contribution in [0.15, 0.2) is 35.5 Å². The summed E-state index contributed by atoms with van der Waals surface area (Å²) in [6.45, 7) is 9.90. The molecule has 0 radical (unpaired) electrons. The normalized spacial score (nSPS) is 35.7. The molecular formula is C20H34O2. The number of allylic oxidation sites excluding steroid dienone is 4. The van der Waals surface area contributed by atoms with E-state index in [-0.39, 0.29) is 5.92 Å². The summed E-state index contributed by atoms with van der Waals surface area (Å²) >= 11 is 0. The van der Waals surface area contributed by atoms with Crippen LogP contribution >= 0.6 is 0 Å². The van der Waals surface area contributed by atoms with Crippen molar-refractivity contribution in [3.05, 3.63) is 35.5 Å². The van der Waals surface area contributed by atoms with Gasteiger partial charge in [-0.05, 0) is 73.1 Å². The molecule has 0 aliphatic heterocycles. The third-order valence-corrected chi connectivity index (χ3v) is 4.62. The van der Waals surface area contributed by atoms with Gasteiger partial charge in [0.25, 0.3) is 0 Å². The highest BCUT2D eigenvalue weighted by molar-refractivity contribution is 5.09. The van der Waals surface area contributed by atoms with E-state index in [2.05, 4.69) is 26.0 Å². The van der Waals surface area contributed by atoms with Gasteiger partial charge in [0.1, 0.15) is 0 Å². The molecule has 0 aromatic rings. The lowest BCUT2D eigenvalue weighted by Gasteiger charge is -2.28. The van der Waals surface area contributed by atoms with Crippen LogP contribution in [0.25, 0.3) is 0 Å². The van der Waals surface area contributed by atoms with Gasteiger partial charge in [-0.1, -0.05) is 35.5 Å². The highest BCUT2D eigenvalue weighted by Crippen LogP contribution is 2.27. The van der Waals surface area contributed by atoms with E-state index in [1.165, 1.54) is 11.1 Å². The van der Waals surface area contributed by atoms with Gasteiger partial charge in [0.15, 0.2) is 0 Å². The molecule has 2 unspecified atom stereocenters. The summed E-state index contributed by atoms with van der Waals surface area (Å²) in [7, 11) is 0. The first kappa shape index (κ1) is 19.2. The summed E-state index contributed by atoms with van der Waals surface area (Å²) in [6.07, 6.45) is 14.1. The Kier molecular flexibility index (Phi) is 7.08. The van der Waals surface area contributed by atoms with Crippen LogP contribution in [0.4, 0.5) is 0 Å². The molecular weight excluding hydrogens is 272 g/mol. The van der Waals surface area contributed by atoms with Crippen molar-refractivity contribution < 1.29 is 10.2 Å². The molecule has 0 saturated heterocycles. The Balaban J connectivity index is 2.95. The summed E-state index contributed by atoms with van der Waals surface area (Å²) < 4.78 is 0. The van der Waals surface area contributed by atoms with Crippen molar-refractivity contribution in [1.82, 2.24) is 0 Å². The Bertz CT molecular complexity index is 433. The van der Waals surface area contributed by atoms with Gasteiger partial charge in [0.05, 0.1) is 11.2 Å². The Labute approximate surface area is 136 Å². The van der Waals surface area contributed by atoms with Crippen LogP contribution in [-0.2, 0) is 0 Å². The van der Waals surface area contributed by atoms with Gasteiger partial charge in [0.2, 0.25) is 0 Å². The average molecular weight is 306 g/mol. The largest absolute Gasteiger partial charge is 0.390 e. The second-order valence-electron chi connectivity index (χ2n) is 7.69. The van der Waals surface area contributed by atoms with E-state index < -0.39 is 11.2 Å². The summed E-state index contributed by atoms with van der Waals surface area (Å²) in [4.78, 5) is 0. The Morgan fingerprint density at radius 1 is 1.09 bits per heavy atom. The SMILES string of the molecule is C/C1=C\CCC(C)(O)/C=C/C(C(C)(C)O)CC/C(C)=C/CC1. The van der Waals surface area contributed by atoms with Crippen LogP contribution in [0, 0.1) is 5.92 Å². The fourth-order valence-corrected chi connectivity index (χ4v) is 2.84. The minimum absolute atomic E-state index is 0.0579. The second-order valence-corrected chi connectivity index (χ2v) is 7.69. The van der Waals surface area contributed by atoms with Crippen LogP contribution in [0.5, 0.6) is 0 Å². The first-order valence-corrected chi connectivity index (χ1v) is 8.55. The minimum Gasteiger partial charge on any atom is -0.390 e. The maximum absolute atomic E-state index is 10.5. The van der Waals surface area contributed by atoms with E-state index >= 15 is 0 Å². The monoisotopic (exact) mass is 306 g/mol. The fraction of sp³-hybridized carbons (Fsp3) is 0.700. The van der Waals surface area contributed by atoms with E-state index in [4.69, 9.17) is 0 Å². The Morgan fingerprint density at radius 3 is 2.32 bits per heavy atom. The molecule has 0 aromatic carbocycles. The molecule has 0 spiro atoms. The molecule has 0 fully saturated rings. The second kappa shape index (κ2) is 8.12. The van der Waals surface area contributed by atoms with Crippen molar-refractivity contribution >= 4 is 0 Å². The van der Waals surface area contributed by atoms with Crippen LogP contribution < -0.4 is 0 Å². The van der Waals surface area contributed by atoms with Gasteiger partial charge in [-0.25, -0.2) is 0 Å². The molecule has 1 aliphatic carbocycles. The molecule has 2 heteroatoms. The maximum Gasteiger partial charge on any atom is 0.0802 e. The first-order chi connectivity index (χ1) is 10.1. The van der Waals surface area contributed by atoms with Gasteiger partial charge in [0, 0.05) is 5.92 Å². The topological polar surface area (TPSA) is 40.5 Å². The molecule has 0 amide bonds. The van der Waals surface area contributed by atoms with Gasteiger partial charge >= 0.3 is 0 Å². The lowest BCUT2D eigenvalue weighted by Crippen LogP contribution is -2.30. The highest BCUT2D eigenvalue weighted by Gasteiger charge is 2.25. The lowest BCUT2D eigenvalue weighted by atomic mass is 9.84. The summed E-state index contributed by atoms with van der Waals surface area (Å²) in [6, 6.07) is 0. The van der Waals surface area contributed by atoms with Crippen molar-refractivity contribution in [3.63, 3.8) is 0 Å². The Hall–Kier alpha value is -0.860. The van der Waals surface area contributed by atoms with Gasteiger partial charge in [-0.15, -0.1) is 0 Å². The van der Waals surface area contributed by atoms with E-state index in [1.54, 1.807) is 0 Å². The molecule has 2 N–H and O–H groups in total. The Morgan fingerprint density at radius 2 is 1.68 bits per heavy atom. The molecule has 22 heavy (non-hydrogen) atoms. The fourth-order valence-electron chi connectivity index (χ4n) is 2.84. The molecule has 1 aliphatic rings. The van der Waals surface area contributed by atoms with Crippen LogP contribution in [0.1, 0.15) is 73.1 Å². The maximum atomic E-state index is 10.5. The van der Waals surface area contributed by atoms with E-state index in [9.17, 15) is 10.2 Å². The van der Waals surface area contributed by atoms with E-state index in [0.29, 0.717) is 6.42 Å². The zero-order valence-electron chi connectivity index (χ0n) is 15.0. The molecule has 126 valence electrons. The van der Waals surface area contributed by atoms with Crippen molar-refractivity contribution in [3.8, 4) is 0 Å². The molecule has 0 heterocycles. The van der Waals surface area contributed by atoms with Crippen LogP contribution in [-0.4, -0.2) is 21.4 Å². The number of hydrogen-bond acceptors (Lipinski definition) is 2. The highest BCUT2D eigenvalue weighted by atomic mass is 16.3. The average Bonchev–Trinajstić information content (AvgIpc) is 2.35. The van der Waals surface area contributed by atoms with Gasteiger partial charge in [-0.3, -0.25) is 0 Å². The smallest absolute Gasteiger partial charge is 0.0802 e. The molecule has 1 rings (SSSR count). The standard InChI is InChI=1S/C20H34O2/c1-16-8-6-9-17(2)11-12-18(19(3,4)21)13-15-20(5,22)14-7-10-16/h9-10,13,15,18,21-22H,6-8,11-12,14H2,1-5H3/b15-13+,16-10+,17-9+. The van der Waals surface area contributed by atoms with E-state index in [0.717, 1.165) is 32.1 Å². The first-order valence-electron chi connectivity index (χ1n) is 8.55. The predicted octanol–water partition coefficient (Wildman–Crippen LogP) is 4.93. The molecule has 2 nitrogen and oxygen atoms in total. The lowest BCUT2D eigenvalue weighted by molar-refractivity contribution is 0.0323. The number of aliphatic hydroxyl groups is 2. The summed E-state index contributed by atoms with van der Waals surface area (Å²) in [5, 5.41) is 20.9. The quantitative estimate of drug-likeness (QED) is 0.674. The van der Waals surface area contributed by atoms with Gasteiger partial charge < -0.3 is 10.2 Å². The molecule has 0 saturated carbocycles. The molecule has 0 aromatic heterocycles.